The molecule has 1 unspecified atom stereocenters. The number of benzene rings is 1. The first kappa shape index (κ1) is 16.4. The van der Waals surface area contributed by atoms with Crippen LogP contribution in [0.4, 0.5) is 4.79 Å². The van der Waals surface area contributed by atoms with Crippen LogP contribution in [0.3, 0.4) is 0 Å². The predicted molar refractivity (Wildman–Crippen MR) is 77.6 cm³/mol. The number of likely N-dealkylation sites (N-methyl/N-ethyl adjacent to an activating group) is 1. The summed E-state index contributed by atoms with van der Waals surface area (Å²) in [6, 6.07) is 4.48. The van der Waals surface area contributed by atoms with E-state index in [0.29, 0.717) is 12.3 Å². The van der Waals surface area contributed by atoms with Crippen molar-refractivity contribution in [1.29, 1.82) is 0 Å². The van der Waals surface area contributed by atoms with E-state index in [1.165, 1.54) is 31.3 Å². The van der Waals surface area contributed by atoms with E-state index >= 15 is 0 Å². The van der Waals surface area contributed by atoms with E-state index in [-0.39, 0.29) is 17.2 Å². The molecule has 1 amide bonds. The van der Waals surface area contributed by atoms with Crippen LogP contribution in [0.1, 0.15) is 0 Å². The Morgan fingerprint density at radius 2 is 2.09 bits per heavy atom. The summed E-state index contributed by atoms with van der Waals surface area (Å²) in [5.74, 6) is 0.599. The fraction of sp³-hybridized carbons (Fsp3) is 0.462. The highest BCUT2D eigenvalue weighted by molar-refractivity contribution is 7.89. The van der Waals surface area contributed by atoms with Gasteiger partial charge >= 0.3 is 6.09 Å². The van der Waals surface area contributed by atoms with Crippen LogP contribution in [0.25, 0.3) is 0 Å². The zero-order chi connectivity index (χ0) is 16.3. The normalized spacial score (nSPS) is 18.2. The van der Waals surface area contributed by atoms with E-state index in [1.54, 1.807) is 13.1 Å². The first-order valence-electron chi connectivity index (χ1n) is 6.51. The second-order valence-electron chi connectivity index (χ2n) is 4.75. The third kappa shape index (κ3) is 3.42. The molecule has 22 heavy (non-hydrogen) atoms. The van der Waals surface area contributed by atoms with E-state index in [4.69, 9.17) is 14.2 Å². The Morgan fingerprint density at radius 3 is 2.64 bits per heavy atom. The molecule has 0 aromatic heterocycles. The van der Waals surface area contributed by atoms with Gasteiger partial charge in [0.15, 0.2) is 0 Å². The maximum Gasteiger partial charge on any atom is 0.410 e. The summed E-state index contributed by atoms with van der Waals surface area (Å²) in [6.45, 7) is 0.315. The molecule has 8 nitrogen and oxygen atoms in total. The van der Waals surface area contributed by atoms with Crippen LogP contribution in [0.5, 0.6) is 11.5 Å². The van der Waals surface area contributed by atoms with Gasteiger partial charge in [0.25, 0.3) is 0 Å². The van der Waals surface area contributed by atoms with Crippen molar-refractivity contribution in [2.75, 3.05) is 34.4 Å². The summed E-state index contributed by atoms with van der Waals surface area (Å²) in [5.41, 5.74) is 0. The average molecular weight is 330 g/mol. The largest absolute Gasteiger partial charge is 0.497 e. The first-order valence-corrected chi connectivity index (χ1v) is 7.99. The molecule has 0 bridgehead atoms. The molecule has 9 heteroatoms. The van der Waals surface area contributed by atoms with Gasteiger partial charge in [0.2, 0.25) is 10.0 Å². The molecule has 0 spiro atoms. The van der Waals surface area contributed by atoms with Gasteiger partial charge in [-0.15, -0.1) is 0 Å². The number of ether oxygens (including phenoxy) is 3. The van der Waals surface area contributed by atoms with Gasteiger partial charge in [0, 0.05) is 19.7 Å². The van der Waals surface area contributed by atoms with Crippen LogP contribution in [-0.2, 0) is 14.8 Å². The lowest BCUT2D eigenvalue weighted by atomic mass is 10.3. The summed E-state index contributed by atoms with van der Waals surface area (Å²) in [7, 11) is 0.590. The summed E-state index contributed by atoms with van der Waals surface area (Å²) < 4.78 is 42.3. The fourth-order valence-corrected chi connectivity index (χ4v) is 3.28. The minimum absolute atomic E-state index is 0.0151. The molecule has 1 heterocycles. The van der Waals surface area contributed by atoms with E-state index in [1.807, 2.05) is 0 Å². The van der Waals surface area contributed by atoms with Crippen LogP contribution >= 0.6 is 0 Å². The molecule has 1 N–H and O–H groups in total. The summed E-state index contributed by atoms with van der Waals surface area (Å²) in [4.78, 5) is 12.6. The molecule has 1 aromatic rings. The van der Waals surface area contributed by atoms with Crippen molar-refractivity contribution >= 4 is 16.1 Å². The Morgan fingerprint density at radius 1 is 1.36 bits per heavy atom. The lowest BCUT2D eigenvalue weighted by Crippen LogP contribution is -2.34. The Bertz CT molecular complexity index is 660. The number of nitrogens with zero attached hydrogens (tertiary/aromatic N) is 1. The molecule has 0 radical (unpaired) electrons. The van der Waals surface area contributed by atoms with Gasteiger partial charge in [-0.3, -0.25) is 0 Å². The number of carbonyl (C=O) groups excluding carboxylic acids is 1. The zero-order valence-corrected chi connectivity index (χ0v) is 13.3. The Balaban J connectivity index is 2.15. The first-order chi connectivity index (χ1) is 10.4. The Hall–Kier alpha value is -2.00. The topological polar surface area (TPSA) is 94.2 Å². The third-order valence-electron chi connectivity index (χ3n) is 3.22. The smallest absolute Gasteiger partial charge is 0.410 e. The molecular formula is C13H18N2O6S. The summed E-state index contributed by atoms with van der Waals surface area (Å²) in [6.07, 6.45) is -0.993. The summed E-state index contributed by atoms with van der Waals surface area (Å²) >= 11 is 0. The number of hydrogen-bond acceptors (Lipinski definition) is 6. The van der Waals surface area contributed by atoms with Crippen molar-refractivity contribution in [3.8, 4) is 11.5 Å². The lowest BCUT2D eigenvalue weighted by Gasteiger charge is -2.13. The molecule has 2 rings (SSSR count). The van der Waals surface area contributed by atoms with E-state index in [9.17, 15) is 13.2 Å². The molecule has 1 aromatic carbocycles. The van der Waals surface area contributed by atoms with Crippen molar-refractivity contribution in [3.63, 3.8) is 0 Å². The highest BCUT2D eigenvalue weighted by Crippen LogP contribution is 2.28. The van der Waals surface area contributed by atoms with Crippen LogP contribution in [0.2, 0.25) is 0 Å². The second kappa shape index (κ2) is 6.41. The van der Waals surface area contributed by atoms with Crippen LogP contribution in [0, 0.1) is 0 Å². The van der Waals surface area contributed by atoms with Gasteiger partial charge < -0.3 is 19.1 Å². The number of hydrogen-bond donors (Lipinski definition) is 1. The predicted octanol–water partition coefficient (Wildman–Crippen LogP) is 0.433. The number of rotatable bonds is 6. The molecule has 1 saturated heterocycles. The molecular weight excluding hydrogens is 312 g/mol. The molecule has 1 fully saturated rings. The number of cyclic esters (lactones) is 1. The van der Waals surface area contributed by atoms with E-state index in [0.717, 1.165) is 0 Å². The minimum atomic E-state index is -3.82. The molecule has 1 atom stereocenters. The number of carbonyl (C=O) groups is 1. The van der Waals surface area contributed by atoms with Gasteiger partial charge in [-0.25, -0.2) is 17.9 Å². The standard InChI is InChI=1S/C13H18N2O6S/c1-15-8-10(21-13(15)16)7-14-22(17,18)12-6-9(19-2)4-5-11(12)20-3/h4-6,10,14H,7-8H2,1-3H3. The molecule has 0 saturated carbocycles. The highest BCUT2D eigenvalue weighted by atomic mass is 32.2. The number of sulfonamides is 1. The third-order valence-corrected chi connectivity index (χ3v) is 4.66. The summed E-state index contributed by atoms with van der Waals surface area (Å²) in [5, 5.41) is 0. The molecule has 1 aliphatic rings. The molecule has 1 aliphatic heterocycles. The Labute approximate surface area is 129 Å². The van der Waals surface area contributed by atoms with Gasteiger partial charge in [-0.05, 0) is 12.1 Å². The van der Waals surface area contributed by atoms with E-state index < -0.39 is 22.2 Å². The van der Waals surface area contributed by atoms with Gasteiger partial charge in [0.05, 0.1) is 20.8 Å². The molecule has 0 aliphatic carbocycles. The van der Waals surface area contributed by atoms with Gasteiger partial charge in [0.1, 0.15) is 22.5 Å². The number of methoxy groups -OCH3 is 2. The van der Waals surface area contributed by atoms with Gasteiger partial charge in [-0.1, -0.05) is 0 Å². The second-order valence-corrected chi connectivity index (χ2v) is 6.49. The molecule has 122 valence electrons. The fourth-order valence-electron chi connectivity index (χ4n) is 2.03. The monoisotopic (exact) mass is 330 g/mol. The lowest BCUT2D eigenvalue weighted by molar-refractivity contribution is 0.135. The van der Waals surface area contributed by atoms with Crippen molar-refractivity contribution in [2.24, 2.45) is 0 Å². The van der Waals surface area contributed by atoms with Crippen molar-refractivity contribution in [3.05, 3.63) is 18.2 Å². The van der Waals surface area contributed by atoms with Crippen LogP contribution < -0.4 is 14.2 Å². The van der Waals surface area contributed by atoms with Crippen molar-refractivity contribution < 1.29 is 27.4 Å². The maximum atomic E-state index is 12.4. The van der Waals surface area contributed by atoms with Gasteiger partial charge in [-0.2, -0.15) is 0 Å². The Kier molecular flexibility index (Phi) is 4.77. The number of amides is 1. The van der Waals surface area contributed by atoms with Crippen LogP contribution in [-0.4, -0.2) is 59.9 Å². The minimum Gasteiger partial charge on any atom is -0.497 e. The zero-order valence-electron chi connectivity index (χ0n) is 12.5. The SMILES string of the molecule is COc1ccc(OC)c(S(=O)(=O)NCC2CN(C)C(=O)O2)c1. The maximum absolute atomic E-state index is 12.4. The highest BCUT2D eigenvalue weighted by Gasteiger charge is 2.30. The van der Waals surface area contributed by atoms with Crippen LogP contribution in [0.15, 0.2) is 23.1 Å². The average Bonchev–Trinajstić information content (AvgIpc) is 2.83. The van der Waals surface area contributed by atoms with Crippen molar-refractivity contribution in [1.82, 2.24) is 9.62 Å². The quantitative estimate of drug-likeness (QED) is 0.813. The number of nitrogens with one attached hydrogen (secondary N) is 1. The van der Waals surface area contributed by atoms with E-state index in [2.05, 4.69) is 4.72 Å². The van der Waals surface area contributed by atoms with Crippen molar-refractivity contribution in [2.45, 2.75) is 11.0 Å².